The average Bonchev–Trinajstić information content (AvgIpc) is 2.65. The zero-order valence-electron chi connectivity index (χ0n) is 10.2. The highest BCUT2D eigenvalue weighted by molar-refractivity contribution is 7.91. The molecule has 0 aromatic carbocycles. The third-order valence-electron chi connectivity index (χ3n) is 2.82. The van der Waals surface area contributed by atoms with Gasteiger partial charge in [0.15, 0.2) is 9.84 Å². The van der Waals surface area contributed by atoms with Crippen LogP contribution in [0.4, 0.5) is 0 Å². The first-order valence-corrected chi connectivity index (χ1v) is 7.62. The van der Waals surface area contributed by atoms with Gasteiger partial charge in [0.05, 0.1) is 24.2 Å². The number of nitrogens with one attached hydrogen (secondary N) is 2. The van der Waals surface area contributed by atoms with Crippen LogP contribution in [0.5, 0.6) is 0 Å². The summed E-state index contributed by atoms with van der Waals surface area (Å²) in [4.78, 5) is 22.9. The van der Waals surface area contributed by atoms with Crippen LogP contribution >= 0.6 is 0 Å². The maximum absolute atomic E-state index is 11.5. The van der Waals surface area contributed by atoms with Crippen molar-refractivity contribution in [3.63, 3.8) is 0 Å². The Labute approximate surface area is 106 Å². The van der Waals surface area contributed by atoms with Crippen molar-refractivity contribution >= 4 is 21.7 Å². The molecule has 0 radical (unpaired) electrons. The Morgan fingerprint density at radius 3 is 2.50 bits per heavy atom. The van der Waals surface area contributed by atoms with Crippen molar-refractivity contribution in [2.75, 3.05) is 18.1 Å². The van der Waals surface area contributed by atoms with Crippen LogP contribution in [-0.4, -0.2) is 55.5 Å². The predicted molar refractivity (Wildman–Crippen MR) is 64.5 cm³/mol. The smallest absolute Gasteiger partial charge is 0.309 e. The summed E-state index contributed by atoms with van der Waals surface area (Å²) in [6.45, 7) is 1.52. The lowest BCUT2D eigenvalue weighted by Crippen LogP contribution is -2.48. The zero-order chi connectivity index (χ0) is 13.8. The van der Waals surface area contributed by atoms with E-state index in [1.807, 2.05) is 0 Å². The molecule has 1 heterocycles. The fourth-order valence-corrected chi connectivity index (χ4v) is 3.36. The van der Waals surface area contributed by atoms with E-state index in [9.17, 15) is 18.0 Å². The Morgan fingerprint density at radius 1 is 1.39 bits per heavy atom. The molecule has 2 unspecified atom stereocenters. The van der Waals surface area contributed by atoms with E-state index in [-0.39, 0.29) is 18.1 Å². The third kappa shape index (κ3) is 4.26. The molecule has 0 aromatic rings. The number of hydrogen-bond acceptors (Lipinski definition) is 5. The minimum Gasteiger partial charge on any atom is -0.394 e. The lowest BCUT2D eigenvalue weighted by atomic mass is 10.2. The Bertz CT molecular complexity index is 416. The number of aliphatic hydroxyl groups excluding tert-OH is 1. The summed E-state index contributed by atoms with van der Waals surface area (Å²) in [6.07, 6.45) is 0.839. The molecule has 1 aliphatic heterocycles. The van der Waals surface area contributed by atoms with Crippen LogP contribution in [0.25, 0.3) is 0 Å². The summed E-state index contributed by atoms with van der Waals surface area (Å²) in [5, 5.41) is 13.6. The summed E-state index contributed by atoms with van der Waals surface area (Å²) in [5.74, 6) is -1.79. The molecular weight excluding hydrogens is 260 g/mol. The summed E-state index contributed by atoms with van der Waals surface area (Å²) in [7, 11) is -3.09. The molecule has 2 atom stereocenters. The molecular formula is C10H18N2O5S. The molecule has 8 heteroatoms. The van der Waals surface area contributed by atoms with Crippen molar-refractivity contribution in [3.8, 4) is 0 Å². The van der Waals surface area contributed by atoms with Crippen LogP contribution in [0, 0.1) is 0 Å². The van der Waals surface area contributed by atoms with E-state index < -0.39 is 33.7 Å². The first-order chi connectivity index (χ1) is 8.38. The van der Waals surface area contributed by atoms with E-state index in [2.05, 4.69) is 10.6 Å². The van der Waals surface area contributed by atoms with Gasteiger partial charge < -0.3 is 15.7 Å². The second kappa shape index (κ2) is 6.14. The quantitative estimate of drug-likeness (QED) is 0.524. The number of carbonyl (C=O) groups excluding carboxylic acids is 2. The van der Waals surface area contributed by atoms with Gasteiger partial charge in [-0.3, -0.25) is 9.59 Å². The van der Waals surface area contributed by atoms with Gasteiger partial charge in [-0.2, -0.15) is 0 Å². The van der Waals surface area contributed by atoms with Gasteiger partial charge >= 0.3 is 11.8 Å². The van der Waals surface area contributed by atoms with Crippen LogP contribution in [0.15, 0.2) is 0 Å². The monoisotopic (exact) mass is 278 g/mol. The predicted octanol–water partition coefficient (Wildman–Crippen LogP) is -1.82. The van der Waals surface area contributed by atoms with Gasteiger partial charge in [-0.05, 0) is 12.8 Å². The molecule has 7 nitrogen and oxygen atoms in total. The van der Waals surface area contributed by atoms with E-state index in [1.54, 1.807) is 6.92 Å². The number of aliphatic hydroxyl groups is 1. The molecule has 1 saturated heterocycles. The number of hydrogen-bond donors (Lipinski definition) is 3. The van der Waals surface area contributed by atoms with Crippen molar-refractivity contribution in [2.24, 2.45) is 0 Å². The fraction of sp³-hybridized carbons (Fsp3) is 0.800. The molecule has 2 amide bonds. The molecule has 104 valence electrons. The van der Waals surface area contributed by atoms with Crippen LogP contribution in [0.2, 0.25) is 0 Å². The van der Waals surface area contributed by atoms with Gasteiger partial charge in [-0.15, -0.1) is 0 Å². The molecule has 1 aliphatic rings. The molecule has 3 N–H and O–H groups in total. The van der Waals surface area contributed by atoms with E-state index in [4.69, 9.17) is 5.11 Å². The first-order valence-electron chi connectivity index (χ1n) is 5.80. The number of amides is 2. The number of carbonyl (C=O) groups is 2. The van der Waals surface area contributed by atoms with Crippen LogP contribution in [-0.2, 0) is 19.4 Å². The van der Waals surface area contributed by atoms with Gasteiger partial charge in [-0.25, -0.2) is 8.42 Å². The van der Waals surface area contributed by atoms with Crippen molar-refractivity contribution in [2.45, 2.75) is 31.8 Å². The highest BCUT2D eigenvalue weighted by Gasteiger charge is 2.30. The lowest BCUT2D eigenvalue weighted by Gasteiger charge is -2.15. The SMILES string of the molecule is CCC(CO)NC(=O)C(=O)NC1CCS(=O)(=O)C1. The van der Waals surface area contributed by atoms with Crippen molar-refractivity contribution in [1.82, 2.24) is 10.6 Å². The van der Waals surface area contributed by atoms with E-state index in [1.165, 1.54) is 0 Å². The Kier molecular flexibility index (Phi) is 5.09. The average molecular weight is 278 g/mol. The van der Waals surface area contributed by atoms with Gasteiger partial charge in [0.1, 0.15) is 0 Å². The molecule has 0 aliphatic carbocycles. The summed E-state index contributed by atoms with van der Waals surface area (Å²) >= 11 is 0. The minimum absolute atomic E-state index is 0.0355. The second-order valence-electron chi connectivity index (χ2n) is 4.33. The molecule has 1 rings (SSSR count). The van der Waals surface area contributed by atoms with Gasteiger partial charge in [0, 0.05) is 6.04 Å². The molecule has 18 heavy (non-hydrogen) atoms. The van der Waals surface area contributed by atoms with E-state index in [0.29, 0.717) is 12.8 Å². The zero-order valence-corrected chi connectivity index (χ0v) is 11.0. The van der Waals surface area contributed by atoms with Crippen molar-refractivity contribution in [1.29, 1.82) is 0 Å². The Balaban J connectivity index is 2.44. The molecule has 0 spiro atoms. The van der Waals surface area contributed by atoms with Crippen LogP contribution in [0.1, 0.15) is 19.8 Å². The first kappa shape index (κ1) is 14.9. The van der Waals surface area contributed by atoms with Gasteiger partial charge in [0.2, 0.25) is 0 Å². The highest BCUT2D eigenvalue weighted by atomic mass is 32.2. The Hall–Kier alpha value is -1.15. The van der Waals surface area contributed by atoms with E-state index >= 15 is 0 Å². The lowest BCUT2D eigenvalue weighted by molar-refractivity contribution is -0.140. The maximum Gasteiger partial charge on any atom is 0.309 e. The summed E-state index contributed by atoms with van der Waals surface area (Å²) in [5.41, 5.74) is 0. The van der Waals surface area contributed by atoms with Crippen molar-refractivity contribution < 1.29 is 23.1 Å². The topological polar surface area (TPSA) is 113 Å². The van der Waals surface area contributed by atoms with Gasteiger partial charge in [-0.1, -0.05) is 6.92 Å². The normalized spacial score (nSPS) is 23.3. The molecule has 0 saturated carbocycles. The van der Waals surface area contributed by atoms with Crippen LogP contribution < -0.4 is 10.6 Å². The largest absolute Gasteiger partial charge is 0.394 e. The van der Waals surface area contributed by atoms with Crippen LogP contribution in [0.3, 0.4) is 0 Å². The molecule has 1 fully saturated rings. The standard InChI is InChI=1S/C10H18N2O5S/c1-2-7(5-13)11-9(14)10(15)12-8-3-4-18(16,17)6-8/h7-8,13H,2-6H2,1H3,(H,11,14)(H,12,15). The fourth-order valence-electron chi connectivity index (χ4n) is 1.69. The third-order valence-corrected chi connectivity index (χ3v) is 4.59. The number of sulfone groups is 1. The highest BCUT2D eigenvalue weighted by Crippen LogP contribution is 2.10. The van der Waals surface area contributed by atoms with Crippen molar-refractivity contribution in [3.05, 3.63) is 0 Å². The summed E-state index contributed by atoms with van der Waals surface area (Å²) in [6, 6.07) is -0.960. The van der Waals surface area contributed by atoms with Gasteiger partial charge in [0.25, 0.3) is 0 Å². The molecule has 0 aromatic heterocycles. The second-order valence-corrected chi connectivity index (χ2v) is 6.56. The summed E-state index contributed by atoms with van der Waals surface area (Å²) < 4.78 is 22.4. The van der Waals surface area contributed by atoms with E-state index in [0.717, 1.165) is 0 Å². The Morgan fingerprint density at radius 2 is 2.06 bits per heavy atom. The minimum atomic E-state index is -3.09. The number of rotatable bonds is 4. The maximum atomic E-state index is 11.5. The molecule has 0 bridgehead atoms.